The van der Waals surface area contributed by atoms with Crippen molar-refractivity contribution in [1.29, 1.82) is 0 Å². The number of carboxylic acid groups (broad SMARTS) is 1. The molecule has 0 radical (unpaired) electrons. The topological polar surface area (TPSA) is 116 Å². The van der Waals surface area contributed by atoms with E-state index in [0.717, 1.165) is 0 Å². The smallest absolute Gasteiger partial charge is 0.326 e. The number of likely N-dealkylation sites (tertiary alicyclic amines) is 1. The molecule has 0 aliphatic carbocycles. The van der Waals surface area contributed by atoms with Gasteiger partial charge in [0.15, 0.2) is 0 Å². The second kappa shape index (κ2) is 5.25. The zero-order valence-corrected chi connectivity index (χ0v) is 10.2. The van der Waals surface area contributed by atoms with Gasteiger partial charge in [-0.3, -0.25) is 14.9 Å². The van der Waals surface area contributed by atoms with Crippen LogP contribution in [0.3, 0.4) is 0 Å². The molecule has 2 rings (SSSR count). The fraction of sp³-hybridized carbons (Fsp3) is 0.636. The van der Waals surface area contributed by atoms with Gasteiger partial charge in [0.05, 0.1) is 0 Å². The number of hydrogen-bond acceptors (Lipinski definition) is 4. The average Bonchev–Trinajstić information content (AvgIpc) is 2.82. The van der Waals surface area contributed by atoms with Crippen LogP contribution in [-0.2, 0) is 14.4 Å². The van der Waals surface area contributed by atoms with Crippen LogP contribution in [0.2, 0.25) is 0 Å². The van der Waals surface area contributed by atoms with Gasteiger partial charge in [-0.1, -0.05) is 0 Å². The summed E-state index contributed by atoms with van der Waals surface area (Å²) in [6.45, 7) is 0.357. The highest BCUT2D eigenvalue weighted by Gasteiger charge is 2.36. The first-order chi connectivity index (χ1) is 8.99. The SMILES string of the molecule is O=C1CCC(NC(=O)N2CCCC2C(=O)O)C(=O)N1. The minimum atomic E-state index is -1.05. The van der Waals surface area contributed by atoms with Gasteiger partial charge in [0.1, 0.15) is 12.1 Å². The van der Waals surface area contributed by atoms with Crippen LogP contribution in [-0.4, -0.2) is 52.4 Å². The Kier molecular flexibility index (Phi) is 3.68. The van der Waals surface area contributed by atoms with Gasteiger partial charge in [0.2, 0.25) is 11.8 Å². The van der Waals surface area contributed by atoms with Crippen molar-refractivity contribution in [2.75, 3.05) is 6.54 Å². The second-order valence-electron chi connectivity index (χ2n) is 4.64. The number of rotatable bonds is 2. The molecule has 0 spiro atoms. The summed E-state index contributed by atoms with van der Waals surface area (Å²) in [5.41, 5.74) is 0. The van der Waals surface area contributed by atoms with Crippen LogP contribution in [0.1, 0.15) is 25.7 Å². The number of piperidine rings is 1. The molecule has 2 fully saturated rings. The van der Waals surface area contributed by atoms with Gasteiger partial charge in [-0.25, -0.2) is 9.59 Å². The molecule has 2 unspecified atom stereocenters. The van der Waals surface area contributed by atoms with E-state index in [1.54, 1.807) is 0 Å². The van der Waals surface area contributed by atoms with E-state index in [2.05, 4.69) is 10.6 Å². The second-order valence-corrected chi connectivity index (χ2v) is 4.64. The minimum Gasteiger partial charge on any atom is -0.480 e. The summed E-state index contributed by atoms with van der Waals surface area (Å²) in [7, 11) is 0. The van der Waals surface area contributed by atoms with Crippen molar-refractivity contribution < 1.29 is 24.3 Å². The summed E-state index contributed by atoms with van der Waals surface area (Å²) in [6, 6.07) is -2.19. The molecule has 2 saturated heterocycles. The number of carbonyl (C=O) groups is 4. The van der Waals surface area contributed by atoms with E-state index < -0.39 is 30.0 Å². The third kappa shape index (κ3) is 2.83. The highest BCUT2D eigenvalue weighted by atomic mass is 16.4. The first-order valence-corrected chi connectivity index (χ1v) is 6.12. The molecule has 0 bridgehead atoms. The quantitative estimate of drug-likeness (QED) is 0.559. The summed E-state index contributed by atoms with van der Waals surface area (Å²) in [6.07, 6.45) is 1.44. The maximum absolute atomic E-state index is 11.9. The number of hydrogen-bond donors (Lipinski definition) is 3. The Balaban J connectivity index is 1.95. The van der Waals surface area contributed by atoms with Crippen LogP contribution < -0.4 is 10.6 Å². The Morgan fingerprint density at radius 1 is 1.32 bits per heavy atom. The molecule has 2 aliphatic rings. The largest absolute Gasteiger partial charge is 0.480 e. The van der Waals surface area contributed by atoms with Crippen LogP contribution in [0.25, 0.3) is 0 Å². The number of aliphatic carboxylic acids is 1. The van der Waals surface area contributed by atoms with Crippen molar-refractivity contribution in [2.45, 2.75) is 37.8 Å². The van der Waals surface area contributed by atoms with E-state index in [4.69, 9.17) is 5.11 Å². The summed E-state index contributed by atoms with van der Waals surface area (Å²) in [5, 5.41) is 13.6. The fourth-order valence-electron chi connectivity index (χ4n) is 2.33. The highest BCUT2D eigenvalue weighted by Crippen LogP contribution is 2.18. The third-order valence-corrected chi connectivity index (χ3v) is 3.34. The Labute approximate surface area is 109 Å². The van der Waals surface area contributed by atoms with Gasteiger partial charge in [0, 0.05) is 13.0 Å². The molecule has 104 valence electrons. The van der Waals surface area contributed by atoms with Gasteiger partial charge in [-0.15, -0.1) is 0 Å². The molecule has 19 heavy (non-hydrogen) atoms. The summed E-state index contributed by atoms with van der Waals surface area (Å²) in [4.78, 5) is 46.6. The predicted molar refractivity (Wildman–Crippen MR) is 62.1 cm³/mol. The Morgan fingerprint density at radius 2 is 2.05 bits per heavy atom. The molecule has 4 amide bonds. The molecule has 0 aromatic carbocycles. The predicted octanol–water partition coefficient (Wildman–Crippen LogP) is -0.950. The lowest BCUT2D eigenvalue weighted by molar-refractivity contribution is -0.141. The third-order valence-electron chi connectivity index (χ3n) is 3.34. The van der Waals surface area contributed by atoms with Crippen molar-refractivity contribution in [3.05, 3.63) is 0 Å². The number of imide groups is 1. The molecular formula is C11H15N3O5. The number of carbonyl (C=O) groups excluding carboxylic acids is 3. The van der Waals surface area contributed by atoms with Gasteiger partial charge in [-0.2, -0.15) is 0 Å². The highest BCUT2D eigenvalue weighted by molar-refractivity contribution is 6.01. The Hall–Kier alpha value is -2.12. The first-order valence-electron chi connectivity index (χ1n) is 6.12. The molecule has 2 heterocycles. The standard InChI is InChI=1S/C11H15N3O5/c15-8-4-3-6(9(16)13-8)12-11(19)14-5-1-2-7(14)10(17)18/h6-7H,1-5H2,(H,12,19)(H,17,18)(H,13,15,16). The van der Waals surface area contributed by atoms with Crippen LogP contribution in [0.5, 0.6) is 0 Å². The van der Waals surface area contributed by atoms with Crippen LogP contribution in [0.15, 0.2) is 0 Å². The summed E-state index contributed by atoms with van der Waals surface area (Å²) >= 11 is 0. The van der Waals surface area contributed by atoms with Gasteiger partial charge in [-0.05, 0) is 19.3 Å². The van der Waals surface area contributed by atoms with Gasteiger partial charge >= 0.3 is 12.0 Å². The van der Waals surface area contributed by atoms with Crippen molar-refractivity contribution in [3.63, 3.8) is 0 Å². The van der Waals surface area contributed by atoms with Crippen LogP contribution in [0, 0.1) is 0 Å². The molecule has 0 aromatic heterocycles. The number of nitrogens with zero attached hydrogens (tertiary/aromatic N) is 1. The zero-order valence-electron chi connectivity index (χ0n) is 10.2. The monoisotopic (exact) mass is 269 g/mol. The van der Waals surface area contributed by atoms with Crippen molar-refractivity contribution in [3.8, 4) is 0 Å². The number of urea groups is 1. The van der Waals surface area contributed by atoms with Crippen molar-refractivity contribution in [1.82, 2.24) is 15.5 Å². The Bertz CT molecular complexity index is 436. The number of nitrogens with one attached hydrogen (secondary N) is 2. The zero-order chi connectivity index (χ0) is 14.0. The van der Waals surface area contributed by atoms with Crippen molar-refractivity contribution >= 4 is 23.8 Å². The maximum atomic E-state index is 11.9. The summed E-state index contributed by atoms with van der Waals surface area (Å²) < 4.78 is 0. The molecule has 8 nitrogen and oxygen atoms in total. The van der Waals surface area contributed by atoms with E-state index in [-0.39, 0.29) is 18.7 Å². The first kappa shape index (κ1) is 13.3. The van der Waals surface area contributed by atoms with E-state index in [0.29, 0.717) is 19.4 Å². The molecule has 2 atom stereocenters. The molecule has 0 saturated carbocycles. The lowest BCUT2D eigenvalue weighted by Gasteiger charge is -2.27. The van der Waals surface area contributed by atoms with Crippen molar-refractivity contribution in [2.24, 2.45) is 0 Å². The van der Waals surface area contributed by atoms with E-state index in [9.17, 15) is 19.2 Å². The molecule has 0 aromatic rings. The van der Waals surface area contributed by atoms with E-state index >= 15 is 0 Å². The van der Waals surface area contributed by atoms with Gasteiger partial charge < -0.3 is 15.3 Å². The van der Waals surface area contributed by atoms with Gasteiger partial charge in [0.25, 0.3) is 0 Å². The fourth-order valence-corrected chi connectivity index (χ4v) is 2.33. The number of amides is 4. The molecular weight excluding hydrogens is 254 g/mol. The van der Waals surface area contributed by atoms with E-state index in [1.165, 1.54) is 4.90 Å². The Morgan fingerprint density at radius 3 is 2.68 bits per heavy atom. The normalized spacial score (nSPS) is 27.1. The maximum Gasteiger partial charge on any atom is 0.326 e. The van der Waals surface area contributed by atoms with E-state index in [1.807, 2.05) is 0 Å². The van der Waals surface area contributed by atoms with Crippen LogP contribution >= 0.6 is 0 Å². The lowest BCUT2D eigenvalue weighted by atomic mass is 10.1. The minimum absolute atomic E-state index is 0.166. The average molecular weight is 269 g/mol. The molecule has 2 aliphatic heterocycles. The molecule has 8 heteroatoms. The summed E-state index contributed by atoms with van der Waals surface area (Å²) in [5.74, 6) is -1.95. The van der Waals surface area contributed by atoms with Crippen LogP contribution in [0.4, 0.5) is 4.79 Å². The lowest BCUT2D eigenvalue weighted by Crippen LogP contribution is -2.56. The number of carboxylic acids is 1. The molecule has 3 N–H and O–H groups in total.